The summed E-state index contributed by atoms with van der Waals surface area (Å²) in [6, 6.07) is 13.4. The van der Waals surface area contributed by atoms with Crippen molar-refractivity contribution in [3.05, 3.63) is 89.2 Å². The van der Waals surface area contributed by atoms with E-state index in [0.29, 0.717) is 16.2 Å². The Morgan fingerprint density at radius 3 is 2.24 bits per heavy atom. The van der Waals surface area contributed by atoms with E-state index >= 15 is 8.78 Å². The van der Waals surface area contributed by atoms with Crippen molar-refractivity contribution in [3.8, 4) is 11.8 Å². The summed E-state index contributed by atoms with van der Waals surface area (Å²) < 4.78 is 30.3. The maximum atomic E-state index is 15.1. The van der Waals surface area contributed by atoms with E-state index in [1.54, 1.807) is 42.6 Å². The minimum atomic E-state index is -1.50. The van der Waals surface area contributed by atoms with Crippen molar-refractivity contribution in [2.45, 2.75) is 25.8 Å². The molecule has 0 radical (unpaired) electrons. The molecule has 7 nitrogen and oxygen atoms in total. The average molecular weight is 501 g/mol. The zero-order chi connectivity index (χ0) is 26.3. The van der Waals surface area contributed by atoms with E-state index in [1.165, 1.54) is 16.7 Å². The molecule has 0 spiro atoms. The van der Waals surface area contributed by atoms with Crippen molar-refractivity contribution in [2.75, 3.05) is 22.9 Å². The number of amides is 4. The van der Waals surface area contributed by atoms with Crippen LogP contribution in [-0.4, -0.2) is 46.4 Å². The fourth-order valence-corrected chi connectivity index (χ4v) is 4.64. The molecule has 2 fully saturated rings. The monoisotopic (exact) mass is 500 g/mol. The quantitative estimate of drug-likeness (QED) is 0.498. The van der Waals surface area contributed by atoms with Crippen LogP contribution in [0.25, 0.3) is 0 Å². The molecule has 37 heavy (non-hydrogen) atoms. The summed E-state index contributed by atoms with van der Waals surface area (Å²) in [5.41, 5.74) is -0.232. The minimum absolute atomic E-state index is 0.0554. The lowest BCUT2D eigenvalue weighted by Crippen LogP contribution is -2.73. The van der Waals surface area contributed by atoms with E-state index in [4.69, 9.17) is 0 Å². The number of halogens is 2. The highest BCUT2D eigenvalue weighted by atomic mass is 19.1. The van der Waals surface area contributed by atoms with Crippen molar-refractivity contribution in [1.29, 1.82) is 0 Å². The summed E-state index contributed by atoms with van der Waals surface area (Å²) >= 11 is 0. The molecule has 3 aromatic rings. The van der Waals surface area contributed by atoms with Crippen LogP contribution in [0.4, 0.5) is 25.0 Å². The Hall–Kier alpha value is -4.58. The number of carbonyl (C=O) groups is 3. The normalized spacial score (nSPS) is 19.5. The standard InChI is InChI=1S/C28H22F2N4O3/c1-18-8-11-21(17-31-18)32-12-13-33-27(37)34(24(35)16-28(33,2)26(32)36)25-22(29)14-20(15-23(25)30)10-9-19-6-4-3-5-7-19/h3-8,11,14-15,17H,12-13,16H2,1-2H3. The maximum absolute atomic E-state index is 15.1. The molecule has 4 amide bonds. The number of pyridine rings is 1. The highest BCUT2D eigenvalue weighted by molar-refractivity contribution is 6.20. The van der Waals surface area contributed by atoms with E-state index in [-0.39, 0.29) is 18.7 Å². The van der Waals surface area contributed by atoms with Gasteiger partial charge in [-0.3, -0.25) is 14.6 Å². The Labute approximate surface area is 212 Å². The molecule has 2 aromatic carbocycles. The van der Waals surface area contributed by atoms with Crippen molar-refractivity contribution in [3.63, 3.8) is 0 Å². The average Bonchev–Trinajstić information content (AvgIpc) is 2.87. The smallest absolute Gasteiger partial charge is 0.307 e. The summed E-state index contributed by atoms with van der Waals surface area (Å²) in [4.78, 5) is 47.3. The topological polar surface area (TPSA) is 73.8 Å². The number of urea groups is 1. The first-order chi connectivity index (χ1) is 17.7. The molecule has 2 aliphatic rings. The molecule has 3 heterocycles. The van der Waals surface area contributed by atoms with Gasteiger partial charge in [-0.05, 0) is 50.2 Å². The van der Waals surface area contributed by atoms with Gasteiger partial charge in [0.05, 0.1) is 18.3 Å². The van der Waals surface area contributed by atoms with Gasteiger partial charge < -0.3 is 9.80 Å². The number of aromatic nitrogens is 1. The van der Waals surface area contributed by atoms with Crippen molar-refractivity contribution in [2.24, 2.45) is 0 Å². The maximum Gasteiger partial charge on any atom is 0.332 e. The summed E-state index contributed by atoms with van der Waals surface area (Å²) in [6.45, 7) is 3.53. The largest absolute Gasteiger partial charge is 0.332 e. The zero-order valence-corrected chi connectivity index (χ0v) is 20.2. The van der Waals surface area contributed by atoms with Gasteiger partial charge in [0.25, 0.3) is 5.91 Å². The van der Waals surface area contributed by atoms with Gasteiger partial charge in [-0.25, -0.2) is 18.5 Å². The number of hydrogen-bond acceptors (Lipinski definition) is 4. The SMILES string of the molecule is Cc1ccc(N2CCN3C(=O)N(c4c(F)cc(C#Cc5ccccc5)cc4F)C(=O)CC3(C)C2=O)cn1. The molecule has 9 heteroatoms. The molecule has 0 N–H and O–H groups in total. The number of nitrogens with zero attached hydrogens (tertiary/aromatic N) is 4. The summed E-state index contributed by atoms with van der Waals surface area (Å²) in [7, 11) is 0. The summed E-state index contributed by atoms with van der Waals surface area (Å²) in [5, 5.41) is 0. The van der Waals surface area contributed by atoms with Crippen LogP contribution in [0.15, 0.2) is 60.8 Å². The number of aryl methyl sites for hydroxylation is 1. The number of piperazine rings is 1. The summed E-state index contributed by atoms with van der Waals surface area (Å²) in [6.07, 6.45) is 1.12. The molecule has 0 aliphatic carbocycles. The van der Waals surface area contributed by atoms with Gasteiger partial charge in [0.2, 0.25) is 5.91 Å². The lowest BCUT2D eigenvalue weighted by atomic mass is 9.88. The van der Waals surface area contributed by atoms with Crippen LogP contribution in [0.3, 0.4) is 0 Å². The van der Waals surface area contributed by atoms with E-state index in [2.05, 4.69) is 16.8 Å². The fraction of sp³-hybridized carbons (Fsp3) is 0.214. The molecule has 1 aromatic heterocycles. The highest BCUT2D eigenvalue weighted by Gasteiger charge is 2.56. The zero-order valence-electron chi connectivity index (χ0n) is 20.2. The van der Waals surface area contributed by atoms with Crippen LogP contribution in [0.5, 0.6) is 0 Å². The van der Waals surface area contributed by atoms with Crippen molar-refractivity contribution >= 4 is 29.2 Å². The Bertz CT molecular complexity index is 1460. The molecular weight excluding hydrogens is 478 g/mol. The van der Waals surface area contributed by atoms with Gasteiger partial charge in [0.1, 0.15) is 11.2 Å². The van der Waals surface area contributed by atoms with Gasteiger partial charge in [-0.1, -0.05) is 30.0 Å². The van der Waals surface area contributed by atoms with Gasteiger partial charge in [-0.2, -0.15) is 0 Å². The van der Waals surface area contributed by atoms with Crippen molar-refractivity contribution < 1.29 is 23.2 Å². The first-order valence-electron chi connectivity index (χ1n) is 11.6. The van der Waals surface area contributed by atoms with Crippen LogP contribution in [-0.2, 0) is 9.59 Å². The molecule has 5 rings (SSSR count). The third kappa shape index (κ3) is 4.20. The summed E-state index contributed by atoms with van der Waals surface area (Å²) in [5.74, 6) is 1.98. The highest BCUT2D eigenvalue weighted by Crippen LogP contribution is 2.38. The minimum Gasteiger partial charge on any atom is -0.307 e. The number of fused-ring (bicyclic) bond motifs is 1. The van der Waals surface area contributed by atoms with E-state index in [1.807, 2.05) is 13.0 Å². The number of carbonyl (C=O) groups excluding carboxylic acids is 3. The number of rotatable bonds is 2. The van der Waals surface area contributed by atoms with Crippen LogP contribution < -0.4 is 9.80 Å². The third-order valence-electron chi connectivity index (χ3n) is 6.59. The van der Waals surface area contributed by atoms with Gasteiger partial charge >= 0.3 is 6.03 Å². The predicted molar refractivity (Wildman–Crippen MR) is 133 cm³/mol. The van der Waals surface area contributed by atoms with Gasteiger partial charge in [-0.15, -0.1) is 0 Å². The van der Waals surface area contributed by atoms with Crippen LogP contribution in [0.1, 0.15) is 30.2 Å². The Kier molecular flexibility index (Phi) is 5.96. The van der Waals surface area contributed by atoms with Crippen molar-refractivity contribution in [1.82, 2.24) is 9.88 Å². The number of imide groups is 1. The van der Waals surface area contributed by atoms with E-state index in [9.17, 15) is 14.4 Å². The predicted octanol–water partition coefficient (Wildman–Crippen LogP) is 4.03. The lowest BCUT2D eigenvalue weighted by Gasteiger charge is -2.51. The molecular formula is C28H22F2N4O3. The Balaban J connectivity index is 1.44. The first kappa shape index (κ1) is 24.1. The van der Waals surface area contributed by atoms with Gasteiger partial charge in [0.15, 0.2) is 11.6 Å². The molecule has 0 bridgehead atoms. The molecule has 1 unspecified atom stereocenters. The number of anilines is 2. The number of hydrogen-bond donors (Lipinski definition) is 0. The third-order valence-corrected chi connectivity index (χ3v) is 6.59. The molecule has 186 valence electrons. The second-order valence-corrected chi connectivity index (χ2v) is 9.13. The lowest BCUT2D eigenvalue weighted by molar-refractivity contribution is -0.137. The molecule has 1 atom stereocenters. The Morgan fingerprint density at radius 1 is 0.919 bits per heavy atom. The molecule has 0 saturated carbocycles. The second kappa shape index (κ2) is 9.13. The van der Waals surface area contributed by atoms with E-state index in [0.717, 1.165) is 17.8 Å². The van der Waals surface area contributed by atoms with Gasteiger partial charge in [0, 0.05) is 29.9 Å². The Morgan fingerprint density at radius 2 is 1.59 bits per heavy atom. The van der Waals surface area contributed by atoms with Crippen LogP contribution in [0.2, 0.25) is 0 Å². The molecule has 2 saturated heterocycles. The van der Waals surface area contributed by atoms with E-state index < -0.39 is 47.1 Å². The van der Waals surface area contributed by atoms with Crippen LogP contribution in [0, 0.1) is 30.4 Å². The number of benzene rings is 2. The first-order valence-corrected chi connectivity index (χ1v) is 11.6. The fourth-order valence-electron chi connectivity index (χ4n) is 4.64. The second-order valence-electron chi connectivity index (χ2n) is 9.13. The molecule has 2 aliphatic heterocycles. The van der Waals surface area contributed by atoms with Crippen LogP contribution >= 0.6 is 0 Å².